The number of rotatable bonds is 7. The van der Waals surface area contributed by atoms with Gasteiger partial charge < -0.3 is 5.32 Å². The van der Waals surface area contributed by atoms with Crippen molar-refractivity contribution in [1.82, 2.24) is 4.72 Å². The standard InChI is InChI=1S/C12H20N2O2S2/c1-4-14-18(15,16)12-7-5-11(6-8-12)13-9-10(2)17-3/h5-8,10,13-14H,4,9H2,1-3H3. The first-order chi connectivity index (χ1) is 8.49. The van der Waals surface area contributed by atoms with Crippen LogP contribution in [0.2, 0.25) is 0 Å². The van der Waals surface area contributed by atoms with Crippen LogP contribution in [0.3, 0.4) is 0 Å². The van der Waals surface area contributed by atoms with E-state index in [9.17, 15) is 8.42 Å². The molecule has 0 aliphatic rings. The van der Waals surface area contributed by atoms with Crippen molar-refractivity contribution in [2.75, 3.05) is 24.7 Å². The van der Waals surface area contributed by atoms with Crippen LogP contribution < -0.4 is 10.0 Å². The van der Waals surface area contributed by atoms with Crippen molar-refractivity contribution < 1.29 is 8.42 Å². The van der Waals surface area contributed by atoms with Gasteiger partial charge in [-0.3, -0.25) is 0 Å². The van der Waals surface area contributed by atoms with E-state index in [4.69, 9.17) is 0 Å². The van der Waals surface area contributed by atoms with Crippen molar-refractivity contribution in [3.63, 3.8) is 0 Å². The molecular weight excluding hydrogens is 268 g/mol. The summed E-state index contributed by atoms with van der Waals surface area (Å²) in [6.07, 6.45) is 2.07. The third-order valence-corrected chi connectivity index (χ3v) is 5.03. The summed E-state index contributed by atoms with van der Waals surface area (Å²) in [5.74, 6) is 0. The highest BCUT2D eigenvalue weighted by Crippen LogP contribution is 2.15. The van der Waals surface area contributed by atoms with E-state index in [1.54, 1.807) is 43.0 Å². The molecule has 0 radical (unpaired) electrons. The van der Waals surface area contributed by atoms with Gasteiger partial charge in [-0.2, -0.15) is 11.8 Å². The SMILES string of the molecule is CCNS(=O)(=O)c1ccc(NCC(C)SC)cc1. The van der Waals surface area contributed by atoms with Gasteiger partial charge in [-0.05, 0) is 30.5 Å². The molecule has 1 aromatic rings. The van der Waals surface area contributed by atoms with Gasteiger partial charge in [0.15, 0.2) is 0 Å². The van der Waals surface area contributed by atoms with E-state index < -0.39 is 10.0 Å². The Kier molecular flexibility index (Phi) is 5.98. The lowest BCUT2D eigenvalue weighted by atomic mass is 10.3. The summed E-state index contributed by atoms with van der Waals surface area (Å²) in [5, 5.41) is 3.79. The van der Waals surface area contributed by atoms with Crippen LogP contribution in [0.4, 0.5) is 5.69 Å². The monoisotopic (exact) mass is 288 g/mol. The molecule has 1 unspecified atom stereocenters. The molecule has 0 saturated carbocycles. The minimum atomic E-state index is -3.34. The normalized spacial score (nSPS) is 13.3. The summed E-state index contributed by atoms with van der Waals surface area (Å²) in [6, 6.07) is 6.81. The maximum Gasteiger partial charge on any atom is 0.240 e. The number of hydrogen-bond acceptors (Lipinski definition) is 4. The van der Waals surface area contributed by atoms with Gasteiger partial charge in [0.1, 0.15) is 0 Å². The van der Waals surface area contributed by atoms with Gasteiger partial charge in [0.05, 0.1) is 4.90 Å². The average Bonchev–Trinajstić information content (AvgIpc) is 2.36. The Balaban J connectivity index is 2.68. The van der Waals surface area contributed by atoms with Crippen molar-refractivity contribution in [3.8, 4) is 0 Å². The molecular formula is C12H20N2O2S2. The molecule has 0 heterocycles. The van der Waals surface area contributed by atoms with E-state index in [0.29, 0.717) is 16.7 Å². The molecule has 102 valence electrons. The van der Waals surface area contributed by atoms with Crippen LogP contribution in [-0.4, -0.2) is 33.0 Å². The molecule has 1 rings (SSSR count). The van der Waals surface area contributed by atoms with Crippen molar-refractivity contribution in [3.05, 3.63) is 24.3 Å². The molecule has 0 aliphatic heterocycles. The van der Waals surface area contributed by atoms with Crippen molar-refractivity contribution in [1.29, 1.82) is 0 Å². The molecule has 0 bridgehead atoms. The minimum absolute atomic E-state index is 0.299. The van der Waals surface area contributed by atoms with Gasteiger partial charge in [-0.25, -0.2) is 13.1 Å². The Bertz CT molecular complexity index is 457. The van der Waals surface area contributed by atoms with Gasteiger partial charge >= 0.3 is 0 Å². The molecule has 1 aromatic carbocycles. The molecule has 2 N–H and O–H groups in total. The maximum absolute atomic E-state index is 11.7. The highest BCUT2D eigenvalue weighted by atomic mass is 32.2. The molecule has 6 heteroatoms. The molecule has 0 spiro atoms. The van der Waals surface area contributed by atoms with Gasteiger partial charge in [-0.15, -0.1) is 0 Å². The number of thioether (sulfide) groups is 1. The van der Waals surface area contributed by atoms with Crippen molar-refractivity contribution in [2.45, 2.75) is 24.0 Å². The van der Waals surface area contributed by atoms with E-state index in [2.05, 4.69) is 23.2 Å². The smallest absolute Gasteiger partial charge is 0.240 e. The summed E-state index contributed by atoms with van der Waals surface area (Å²) in [7, 11) is -3.34. The average molecular weight is 288 g/mol. The van der Waals surface area contributed by atoms with Gasteiger partial charge in [0.2, 0.25) is 10.0 Å². The van der Waals surface area contributed by atoms with E-state index in [0.717, 1.165) is 12.2 Å². The van der Waals surface area contributed by atoms with Gasteiger partial charge in [0.25, 0.3) is 0 Å². The highest BCUT2D eigenvalue weighted by Gasteiger charge is 2.11. The third kappa shape index (κ3) is 4.51. The van der Waals surface area contributed by atoms with Gasteiger partial charge in [-0.1, -0.05) is 13.8 Å². The fraction of sp³-hybridized carbons (Fsp3) is 0.500. The molecule has 18 heavy (non-hydrogen) atoms. The van der Waals surface area contributed by atoms with Crippen LogP contribution >= 0.6 is 11.8 Å². The third-order valence-electron chi connectivity index (χ3n) is 2.49. The first kappa shape index (κ1) is 15.3. The summed E-state index contributed by atoms with van der Waals surface area (Å²) in [6.45, 7) is 5.16. The number of benzene rings is 1. The molecule has 4 nitrogen and oxygen atoms in total. The lowest BCUT2D eigenvalue weighted by molar-refractivity contribution is 0.584. The van der Waals surface area contributed by atoms with Gasteiger partial charge in [0, 0.05) is 24.0 Å². The summed E-state index contributed by atoms with van der Waals surface area (Å²) in [5.41, 5.74) is 0.936. The molecule has 0 aromatic heterocycles. The first-order valence-corrected chi connectivity index (χ1v) is 8.63. The van der Waals surface area contributed by atoms with Crippen LogP contribution in [-0.2, 0) is 10.0 Å². The number of hydrogen-bond donors (Lipinski definition) is 2. The Morgan fingerprint density at radius 3 is 2.39 bits per heavy atom. The Labute approximate surface area is 114 Å². The number of anilines is 1. The first-order valence-electron chi connectivity index (χ1n) is 5.86. The fourth-order valence-electron chi connectivity index (χ4n) is 1.37. The van der Waals surface area contributed by atoms with Crippen LogP contribution in [0.15, 0.2) is 29.2 Å². The van der Waals surface area contributed by atoms with Crippen molar-refractivity contribution >= 4 is 27.5 Å². The van der Waals surface area contributed by atoms with Crippen LogP contribution in [0.5, 0.6) is 0 Å². The minimum Gasteiger partial charge on any atom is -0.384 e. The number of sulfonamides is 1. The second kappa shape index (κ2) is 7.01. The molecule has 0 amide bonds. The molecule has 0 aliphatic carbocycles. The van der Waals surface area contributed by atoms with E-state index in [1.807, 2.05) is 0 Å². The lowest BCUT2D eigenvalue weighted by Crippen LogP contribution is -2.23. The maximum atomic E-state index is 11.7. The lowest BCUT2D eigenvalue weighted by Gasteiger charge is -2.11. The van der Waals surface area contributed by atoms with Crippen LogP contribution in [0, 0.1) is 0 Å². The predicted octanol–water partition coefficient (Wildman–Crippen LogP) is 2.15. The second-order valence-corrected chi connectivity index (χ2v) is 7.00. The van der Waals surface area contributed by atoms with E-state index in [-0.39, 0.29) is 0 Å². The number of nitrogens with one attached hydrogen (secondary N) is 2. The summed E-state index contributed by atoms with van der Waals surface area (Å²) in [4.78, 5) is 0.299. The zero-order valence-electron chi connectivity index (χ0n) is 10.9. The van der Waals surface area contributed by atoms with E-state index in [1.165, 1.54) is 0 Å². The topological polar surface area (TPSA) is 58.2 Å². The Hall–Kier alpha value is -0.720. The fourth-order valence-corrected chi connectivity index (χ4v) is 2.66. The zero-order valence-corrected chi connectivity index (χ0v) is 12.6. The largest absolute Gasteiger partial charge is 0.384 e. The zero-order chi connectivity index (χ0) is 13.6. The van der Waals surface area contributed by atoms with Crippen LogP contribution in [0.25, 0.3) is 0 Å². The Morgan fingerprint density at radius 2 is 1.89 bits per heavy atom. The summed E-state index contributed by atoms with van der Waals surface area (Å²) >= 11 is 1.79. The molecule has 0 saturated heterocycles. The van der Waals surface area contributed by atoms with Crippen molar-refractivity contribution in [2.24, 2.45) is 0 Å². The quantitative estimate of drug-likeness (QED) is 0.807. The highest BCUT2D eigenvalue weighted by molar-refractivity contribution is 7.99. The summed E-state index contributed by atoms with van der Waals surface area (Å²) < 4.78 is 25.9. The predicted molar refractivity (Wildman–Crippen MR) is 78.8 cm³/mol. The van der Waals surface area contributed by atoms with E-state index >= 15 is 0 Å². The molecule has 0 fully saturated rings. The Morgan fingerprint density at radius 1 is 1.28 bits per heavy atom. The molecule has 1 atom stereocenters. The second-order valence-electron chi connectivity index (χ2n) is 3.95. The van der Waals surface area contributed by atoms with Crippen LogP contribution in [0.1, 0.15) is 13.8 Å².